The number of fused-ring (bicyclic) bond motifs is 1. The van der Waals surface area contributed by atoms with Gasteiger partial charge in [0.15, 0.2) is 0 Å². The van der Waals surface area contributed by atoms with Crippen LogP contribution in [0.3, 0.4) is 0 Å². The van der Waals surface area contributed by atoms with Gasteiger partial charge < -0.3 is 4.90 Å². The van der Waals surface area contributed by atoms with Crippen molar-refractivity contribution >= 4 is 27.5 Å². The van der Waals surface area contributed by atoms with E-state index in [9.17, 15) is 4.79 Å². The molecule has 112 valence electrons. The minimum Gasteiger partial charge on any atom is -0.333 e. The molecule has 0 N–H and O–H groups in total. The molecule has 0 saturated carbocycles. The summed E-state index contributed by atoms with van der Waals surface area (Å²) in [5.41, 5.74) is 1.05. The molecule has 1 atom stereocenters. The number of thiazole rings is 1. The molecule has 1 aliphatic rings. The Morgan fingerprint density at radius 3 is 2.86 bits per heavy atom. The lowest BCUT2D eigenvalue weighted by atomic mass is 10.0. The second-order valence-electron chi connectivity index (χ2n) is 5.72. The number of carbonyl (C=O) groups excluding carboxylic acids is 1. The fourth-order valence-corrected chi connectivity index (χ4v) is 4.31. The fourth-order valence-electron chi connectivity index (χ4n) is 3.19. The monoisotopic (exact) mass is 302 g/mol. The van der Waals surface area contributed by atoms with Gasteiger partial charge in [-0.1, -0.05) is 26.0 Å². The van der Waals surface area contributed by atoms with Crippen LogP contribution in [-0.2, 0) is 4.79 Å². The van der Waals surface area contributed by atoms with Crippen molar-refractivity contribution in [3.63, 3.8) is 0 Å². The Morgan fingerprint density at radius 1 is 1.38 bits per heavy atom. The molecule has 2 heterocycles. The topological polar surface area (TPSA) is 33.2 Å². The Labute approximate surface area is 130 Å². The molecular weight excluding hydrogens is 280 g/mol. The van der Waals surface area contributed by atoms with E-state index in [0.717, 1.165) is 42.8 Å². The maximum absolute atomic E-state index is 12.7. The van der Waals surface area contributed by atoms with Gasteiger partial charge in [-0.3, -0.25) is 4.79 Å². The van der Waals surface area contributed by atoms with Crippen LogP contribution in [0.5, 0.6) is 0 Å². The van der Waals surface area contributed by atoms with E-state index in [1.54, 1.807) is 11.3 Å². The van der Waals surface area contributed by atoms with Crippen molar-refractivity contribution in [1.82, 2.24) is 9.88 Å². The lowest BCUT2D eigenvalue weighted by Crippen LogP contribution is -2.35. The molecule has 0 bridgehead atoms. The molecule has 1 aromatic carbocycles. The quantitative estimate of drug-likeness (QED) is 0.839. The zero-order valence-corrected chi connectivity index (χ0v) is 13.5. The molecule has 1 fully saturated rings. The van der Waals surface area contributed by atoms with E-state index in [-0.39, 0.29) is 12.0 Å². The fraction of sp³-hybridized carbons (Fsp3) is 0.529. The Kier molecular flexibility index (Phi) is 4.24. The molecular formula is C17H22N2OS. The smallest absolute Gasteiger partial charge is 0.226 e. The predicted molar refractivity (Wildman–Crippen MR) is 87.4 cm³/mol. The molecule has 1 aliphatic heterocycles. The molecule has 1 unspecified atom stereocenters. The van der Waals surface area contributed by atoms with Crippen molar-refractivity contribution in [3.8, 4) is 0 Å². The van der Waals surface area contributed by atoms with E-state index >= 15 is 0 Å². The van der Waals surface area contributed by atoms with Crippen LogP contribution in [0.2, 0.25) is 0 Å². The molecule has 1 amide bonds. The van der Waals surface area contributed by atoms with Crippen LogP contribution in [-0.4, -0.2) is 22.3 Å². The minimum atomic E-state index is 0.167. The summed E-state index contributed by atoms with van der Waals surface area (Å²) in [7, 11) is 0. The lowest BCUT2D eigenvalue weighted by Gasteiger charge is -2.26. The highest BCUT2D eigenvalue weighted by Crippen LogP contribution is 2.37. The van der Waals surface area contributed by atoms with Gasteiger partial charge in [0, 0.05) is 12.5 Å². The first kappa shape index (κ1) is 14.5. The normalized spacial score (nSPS) is 18.8. The van der Waals surface area contributed by atoms with Crippen LogP contribution in [0.1, 0.15) is 50.6 Å². The Bertz CT molecular complexity index is 600. The van der Waals surface area contributed by atoms with Crippen LogP contribution in [0.25, 0.3) is 10.2 Å². The number of amides is 1. The standard InChI is InChI=1S/C17H22N2OS/c1-3-12(4-2)17(20)19-11-7-9-14(19)16-18-13-8-5-6-10-15(13)21-16/h5-6,8,10,12,14H,3-4,7,9,11H2,1-2H3. The van der Waals surface area contributed by atoms with Crippen LogP contribution < -0.4 is 0 Å². The Morgan fingerprint density at radius 2 is 2.14 bits per heavy atom. The van der Waals surface area contributed by atoms with E-state index in [1.807, 2.05) is 12.1 Å². The number of aromatic nitrogens is 1. The van der Waals surface area contributed by atoms with Crippen LogP contribution in [0.4, 0.5) is 0 Å². The van der Waals surface area contributed by atoms with Crippen molar-refractivity contribution in [3.05, 3.63) is 29.3 Å². The summed E-state index contributed by atoms with van der Waals surface area (Å²) < 4.78 is 1.22. The van der Waals surface area contributed by atoms with Gasteiger partial charge in [-0.05, 0) is 37.8 Å². The van der Waals surface area contributed by atoms with Gasteiger partial charge >= 0.3 is 0 Å². The molecule has 3 rings (SSSR count). The molecule has 3 nitrogen and oxygen atoms in total. The number of carbonyl (C=O) groups is 1. The molecule has 4 heteroatoms. The van der Waals surface area contributed by atoms with Gasteiger partial charge in [0.2, 0.25) is 5.91 Å². The third-order valence-corrected chi connectivity index (χ3v) is 5.60. The zero-order valence-electron chi connectivity index (χ0n) is 12.7. The average molecular weight is 302 g/mol. The number of hydrogen-bond acceptors (Lipinski definition) is 3. The van der Waals surface area contributed by atoms with E-state index in [0.29, 0.717) is 5.91 Å². The summed E-state index contributed by atoms with van der Waals surface area (Å²) in [6.45, 7) is 5.10. The number of likely N-dealkylation sites (tertiary alicyclic amines) is 1. The van der Waals surface area contributed by atoms with E-state index < -0.39 is 0 Å². The first-order valence-electron chi connectivity index (χ1n) is 7.90. The molecule has 0 radical (unpaired) electrons. The van der Waals surface area contributed by atoms with Crippen LogP contribution in [0, 0.1) is 5.92 Å². The maximum Gasteiger partial charge on any atom is 0.226 e. The number of benzene rings is 1. The third kappa shape index (κ3) is 2.69. The van der Waals surface area contributed by atoms with Gasteiger partial charge in [0.25, 0.3) is 0 Å². The SMILES string of the molecule is CCC(CC)C(=O)N1CCCC1c1nc2ccccc2s1. The van der Waals surface area contributed by atoms with Gasteiger partial charge in [-0.2, -0.15) is 0 Å². The van der Waals surface area contributed by atoms with E-state index in [4.69, 9.17) is 4.98 Å². The van der Waals surface area contributed by atoms with Gasteiger partial charge in [0.1, 0.15) is 5.01 Å². The number of hydrogen-bond donors (Lipinski definition) is 0. The first-order chi connectivity index (χ1) is 10.2. The summed E-state index contributed by atoms with van der Waals surface area (Å²) in [5, 5.41) is 1.10. The lowest BCUT2D eigenvalue weighted by molar-refractivity contribution is -0.136. The van der Waals surface area contributed by atoms with Crippen molar-refractivity contribution in [2.75, 3.05) is 6.54 Å². The molecule has 0 aliphatic carbocycles. The maximum atomic E-state index is 12.7. The summed E-state index contributed by atoms with van der Waals surface area (Å²) in [6, 6.07) is 8.42. The first-order valence-corrected chi connectivity index (χ1v) is 8.72. The molecule has 2 aromatic rings. The van der Waals surface area contributed by atoms with Gasteiger partial charge in [-0.15, -0.1) is 11.3 Å². The second kappa shape index (κ2) is 6.14. The predicted octanol–water partition coefficient (Wildman–Crippen LogP) is 4.40. The van der Waals surface area contributed by atoms with Crippen molar-refractivity contribution in [1.29, 1.82) is 0 Å². The summed E-state index contributed by atoms with van der Waals surface area (Å²) in [6.07, 6.45) is 4.00. The van der Waals surface area contributed by atoms with Crippen molar-refractivity contribution < 1.29 is 4.79 Å². The van der Waals surface area contributed by atoms with Crippen molar-refractivity contribution in [2.24, 2.45) is 5.92 Å². The van der Waals surface area contributed by atoms with Crippen LogP contribution >= 0.6 is 11.3 Å². The zero-order chi connectivity index (χ0) is 14.8. The Balaban J connectivity index is 1.88. The van der Waals surface area contributed by atoms with Crippen molar-refractivity contribution in [2.45, 2.75) is 45.6 Å². The molecule has 1 aromatic heterocycles. The minimum absolute atomic E-state index is 0.167. The number of rotatable bonds is 4. The highest BCUT2D eigenvalue weighted by molar-refractivity contribution is 7.18. The molecule has 21 heavy (non-hydrogen) atoms. The third-order valence-electron chi connectivity index (χ3n) is 4.47. The summed E-state index contributed by atoms with van der Waals surface area (Å²) >= 11 is 1.74. The highest BCUT2D eigenvalue weighted by atomic mass is 32.1. The summed E-state index contributed by atoms with van der Waals surface area (Å²) in [4.78, 5) is 19.6. The Hall–Kier alpha value is -1.42. The summed E-state index contributed by atoms with van der Waals surface area (Å²) in [5.74, 6) is 0.488. The highest BCUT2D eigenvalue weighted by Gasteiger charge is 2.34. The number of para-hydroxylation sites is 1. The molecule has 0 spiro atoms. The van der Waals surface area contributed by atoms with Crippen LogP contribution in [0.15, 0.2) is 24.3 Å². The number of nitrogens with zero attached hydrogens (tertiary/aromatic N) is 2. The average Bonchev–Trinajstić information content (AvgIpc) is 3.14. The second-order valence-corrected chi connectivity index (χ2v) is 6.79. The van der Waals surface area contributed by atoms with E-state index in [1.165, 1.54) is 4.70 Å². The van der Waals surface area contributed by atoms with E-state index in [2.05, 4.69) is 30.9 Å². The van der Waals surface area contributed by atoms with Gasteiger partial charge in [0.05, 0.1) is 16.3 Å². The van der Waals surface area contributed by atoms with Gasteiger partial charge in [-0.25, -0.2) is 4.98 Å². The largest absolute Gasteiger partial charge is 0.333 e. The molecule has 1 saturated heterocycles.